The van der Waals surface area contributed by atoms with Crippen LogP contribution >= 0.6 is 0 Å². The fourth-order valence-corrected chi connectivity index (χ4v) is 3.70. The summed E-state index contributed by atoms with van der Waals surface area (Å²) in [5, 5.41) is 3.15. The third-order valence-electron chi connectivity index (χ3n) is 5.54. The molecule has 1 fully saturated rings. The quantitative estimate of drug-likeness (QED) is 0.798. The second-order valence-electron chi connectivity index (χ2n) is 7.74. The summed E-state index contributed by atoms with van der Waals surface area (Å²) in [5.74, 6) is -0.368. The molecule has 5 heteroatoms. The third kappa shape index (κ3) is 5.63. The largest absolute Gasteiger partial charge is 0.354 e. The predicted molar refractivity (Wildman–Crippen MR) is 111 cm³/mol. The van der Waals surface area contributed by atoms with Gasteiger partial charge in [-0.2, -0.15) is 0 Å². The second kappa shape index (κ2) is 9.80. The molecule has 2 aromatic carbocycles. The molecular formula is C23H30FN3O. The maximum Gasteiger partial charge on any atom is 0.223 e. The van der Waals surface area contributed by atoms with E-state index in [2.05, 4.69) is 46.4 Å². The van der Waals surface area contributed by atoms with Crippen molar-refractivity contribution in [1.29, 1.82) is 0 Å². The Balaban J connectivity index is 1.60. The minimum absolute atomic E-state index is 0.0411. The minimum atomic E-state index is -0.251. The fourth-order valence-electron chi connectivity index (χ4n) is 3.70. The van der Waals surface area contributed by atoms with Gasteiger partial charge in [-0.15, -0.1) is 0 Å². The van der Waals surface area contributed by atoms with Gasteiger partial charge in [-0.1, -0.05) is 49.4 Å². The highest BCUT2D eigenvalue weighted by Crippen LogP contribution is 2.21. The first-order chi connectivity index (χ1) is 13.5. The molecule has 2 unspecified atom stereocenters. The lowest BCUT2D eigenvalue weighted by molar-refractivity contribution is -0.124. The molecule has 0 bridgehead atoms. The van der Waals surface area contributed by atoms with Crippen molar-refractivity contribution >= 4 is 5.91 Å². The summed E-state index contributed by atoms with van der Waals surface area (Å²) in [6, 6.07) is 17.0. The van der Waals surface area contributed by atoms with Crippen LogP contribution in [0.4, 0.5) is 4.39 Å². The van der Waals surface area contributed by atoms with Crippen LogP contribution < -0.4 is 5.32 Å². The van der Waals surface area contributed by atoms with Gasteiger partial charge in [0.15, 0.2) is 0 Å². The summed E-state index contributed by atoms with van der Waals surface area (Å²) in [4.78, 5) is 17.5. The summed E-state index contributed by atoms with van der Waals surface area (Å²) < 4.78 is 13.1. The molecule has 28 heavy (non-hydrogen) atoms. The Labute approximate surface area is 167 Å². The number of likely N-dealkylation sites (N-methyl/N-ethyl adjacent to an activating group) is 1. The van der Waals surface area contributed by atoms with Crippen LogP contribution in [-0.2, 0) is 11.2 Å². The molecule has 0 aromatic heterocycles. The van der Waals surface area contributed by atoms with E-state index in [0.717, 1.165) is 31.7 Å². The van der Waals surface area contributed by atoms with Crippen molar-refractivity contribution in [3.05, 3.63) is 71.5 Å². The molecule has 1 heterocycles. The molecule has 2 aromatic rings. The molecule has 2 atom stereocenters. The van der Waals surface area contributed by atoms with E-state index < -0.39 is 0 Å². The Morgan fingerprint density at radius 3 is 2.32 bits per heavy atom. The maximum atomic E-state index is 13.1. The van der Waals surface area contributed by atoms with Gasteiger partial charge in [0.2, 0.25) is 5.91 Å². The fraction of sp³-hybridized carbons (Fsp3) is 0.435. The Morgan fingerprint density at radius 1 is 1.04 bits per heavy atom. The van der Waals surface area contributed by atoms with Crippen molar-refractivity contribution in [3.63, 3.8) is 0 Å². The van der Waals surface area contributed by atoms with E-state index in [1.54, 1.807) is 12.1 Å². The van der Waals surface area contributed by atoms with Crippen LogP contribution in [0.25, 0.3) is 0 Å². The number of halogens is 1. The molecule has 150 valence electrons. The number of nitrogens with one attached hydrogen (secondary N) is 1. The molecule has 1 amide bonds. The van der Waals surface area contributed by atoms with E-state index in [1.165, 1.54) is 17.7 Å². The molecule has 0 aliphatic carbocycles. The number of hydrogen-bond acceptors (Lipinski definition) is 3. The molecule has 0 saturated carbocycles. The number of piperazine rings is 1. The molecule has 1 saturated heterocycles. The van der Waals surface area contributed by atoms with Crippen LogP contribution in [-0.4, -0.2) is 55.5 Å². The lowest BCUT2D eigenvalue weighted by atomic mass is 9.99. The summed E-state index contributed by atoms with van der Waals surface area (Å²) in [6.07, 6.45) is 0.608. The zero-order chi connectivity index (χ0) is 19.9. The van der Waals surface area contributed by atoms with E-state index in [9.17, 15) is 9.18 Å². The van der Waals surface area contributed by atoms with Crippen LogP contribution in [0.3, 0.4) is 0 Å². The van der Waals surface area contributed by atoms with E-state index in [-0.39, 0.29) is 23.7 Å². The average molecular weight is 384 g/mol. The van der Waals surface area contributed by atoms with Crippen LogP contribution in [0, 0.1) is 11.7 Å². The predicted octanol–water partition coefficient (Wildman–Crippen LogP) is 3.11. The molecule has 0 spiro atoms. The first kappa shape index (κ1) is 20.5. The number of benzene rings is 2. The standard InChI is InChI=1S/C23H30FN3O/c1-18(16-19-8-10-21(24)11-9-19)23(28)25-17-22(20-6-4-3-5-7-20)27-14-12-26(2)13-15-27/h3-11,18,22H,12-17H2,1-2H3,(H,25,28). The zero-order valence-corrected chi connectivity index (χ0v) is 16.8. The summed E-state index contributed by atoms with van der Waals surface area (Å²) in [7, 11) is 2.15. The Kier molecular flexibility index (Phi) is 7.18. The molecule has 1 aliphatic heterocycles. The minimum Gasteiger partial charge on any atom is -0.354 e. The number of rotatable bonds is 7. The molecular weight excluding hydrogens is 353 g/mol. The number of carbonyl (C=O) groups is 1. The summed E-state index contributed by atoms with van der Waals surface area (Å²) in [6.45, 7) is 6.59. The molecule has 1 N–H and O–H groups in total. The van der Waals surface area contributed by atoms with E-state index >= 15 is 0 Å². The Morgan fingerprint density at radius 2 is 1.68 bits per heavy atom. The molecule has 0 radical (unpaired) electrons. The number of carbonyl (C=O) groups excluding carboxylic acids is 1. The van der Waals surface area contributed by atoms with E-state index in [1.807, 2.05) is 13.0 Å². The van der Waals surface area contributed by atoms with Crippen molar-refractivity contribution in [1.82, 2.24) is 15.1 Å². The van der Waals surface area contributed by atoms with Crippen molar-refractivity contribution in [3.8, 4) is 0 Å². The lowest BCUT2D eigenvalue weighted by Gasteiger charge is -2.38. The topological polar surface area (TPSA) is 35.6 Å². The van der Waals surface area contributed by atoms with Gasteiger partial charge in [0.05, 0.1) is 6.04 Å². The molecule has 4 nitrogen and oxygen atoms in total. The van der Waals surface area contributed by atoms with Crippen LogP contribution in [0.1, 0.15) is 24.1 Å². The summed E-state index contributed by atoms with van der Waals surface area (Å²) in [5.41, 5.74) is 2.21. The van der Waals surface area contributed by atoms with Gasteiger partial charge in [-0.3, -0.25) is 9.69 Å². The van der Waals surface area contributed by atoms with Crippen molar-refractivity contribution in [2.24, 2.45) is 5.92 Å². The van der Waals surface area contributed by atoms with Gasteiger partial charge < -0.3 is 10.2 Å². The van der Waals surface area contributed by atoms with Gasteiger partial charge in [0.1, 0.15) is 5.82 Å². The second-order valence-corrected chi connectivity index (χ2v) is 7.74. The normalized spacial score (nSPS) is 17.8. The van der Waals surface area contributed by atoms with Crippen LogP contribution in [0.2, 0.25) is 0 Å². The van der Waals surface area contributed by atoms with Crippen LogP contribution in [0.15, 0.2) is 54.6 Å². The Bertz CT molecular complexity index is 742. The number of hydrogen-bond donors (Lipinski definition) is 1. The SMILES string of the molecule is CC(Cc1ccc(F)cc1)C(=O)NCC(c1ccccc1)N1CCN(C)CC1. The summed E-state index contributed by atoms with van der Waals surface area (Å²) >= 11 is 0. The van der Waals surface area contributed by atoms with Gasteiger partial charge in [-0.25, -0.2) is 4.39 Å². The molecule has 3 rings (SSSR count). The number of amides is 1. The van der Waals surface area contributed by atoms with Gasteiger partial charge in [0, 0.05) is 38.6 Å². The van der Waals surface area contributed by atoms with Crippen molar-refractivity contribution in [2.45, 2.75) is 19.4 Å². The van der Waals surface area contributed by atoms with E-state index in [0.29, 0.717) is 13.0 Å². The van der Waals surface area contributed by atoms with Crippen LogP contribution in [0.5, 0.6) is 0 Å². The first-order valence-electron chi connectivity index (χ1n) is 10.0. The van der Waals surface area contributed by atoms with Gasteiger partial charge in [-0.05, 0) is 36.7 Å². The monoisotopic (exact) mass is 383 g/mol. The molecule has 1 aliphatic rings. The highest BCUT2D eigenvalue weighted by molar-refractivity contribution is 5.78. The highest BCUT2D eigenvalue weighted by Gasteiger charge is 2.25. The smallest absolute Gasteiger partial charge is 0.223 e. The Hall–Kier alpha value is -2.24. The average Bonchev–Trinajstić information content (AvgIpc) is 2.71. The number of nitrogens with zero attached hydrogens (tertiary/aromatic N) is 2. The maximum absolute atomic E-state index is 13.1. The lowest BCUT2D eigenvalue weighted by Crippen LogP contribution is -2.48. The van der Waals surface area contributed by atoms with Crippen molar-refractivity contribution < 1.29 is 9.18 Å². The third-order valence-corrected chi connectivity index (χ3v) is 5.54. The van der Waals surface area contributed by atoms with Gasteiger partial charge >= 0.3 is 0 Å². The van der Waals surface area contributed by atoms with Gasteiger partial charge in [0.25, 0.3) is 0 Å². The van der Waals surface area contributed by atoms with E-state index in [4.69, 9.17) is 0 Å². The zero-order valence-electron chi connectivity index (χ0n) is 16.8. The highest BCUT2D eigenvalue weighted by atomic mass is 19.1. The first-order valence-corrected chi connectivity index (χ1v) is 10.0. The van der Waals surface area contributed by atoms with Crippen molar-refractivity contribution in [2.75, 3.05) is 39.8 Å².